The molecular formula is C25H28N2O. The largest absolute Gasteiger partial charge is 0.326 e. The van der Waals surface area contributed by atoms with E-state index in [9.17, 15) is 4.79 Å². The van der Waals surface area contributed by atoms with Gasteiger partial charge in [-0.1, -0.05) is 79.7 Å². The minimum Gasteiger partial charge on any atom is -0.326 e. The highest BCUT2D eigenvalue weighted by Gasteiger charge is 2.06. The Morgan fingerprint density at radius 3 is 1.86 bits per heavy atom. The Morgan fingerprint density at radius 2 is 1.29 bits per heavy atom. The molecule has 0 atom stereocenters. The van der Waals surface area contributed by atoms with Crippen molar-refractivity contribution in [2.24, 2.45) is 0 Å². The van der Waals surface area contributed by atoms with Gasteiger partial charge in [0.1, 0.15) is 0 Å². The fourth-order valence-corrected chi connectivity index (χ4v) is 3.20. The maximum absolute atomic E-state index is 12.2. The number of amides is 1. The third kappa shape index (κ3) is 6.36. The fraction of sp³-hybridized carbons (Fsp3) is 0.240. The molecule has 0 aliphatic rings. The summed E-state index contributed by atoms with van der Waals surface area (Å²) < 4.78 is 0. The van der Waals surface area contributed by atoms with Crippen molar-refractivity contribution in [3.05, 3.63) is 102 Å². The van der Waals surface area contributed by atoms with Crippen LogP contribution in [0.5, 0.6) is 0 Å². The summed E-state index contributed by atoms with van der Waals surface area (Å²) in [5, 5.41) is 2.99. The lowest BCUT2D eigenvalue weighted by Crippen LogP contribution is -2.22. The molecule has 1 N–H and O–H groups in total. The molecule has 0 bridgehead atoms. The predicted molar refractivity (Wildman–Crippen MR) is 116 cm³/mol. The van der Waals surface area contributed by atoms with E-state index in [1.165, 1.54) is 16.7 Å². The molecule has 0 saturated carbocycles. The van der Waals surface area contributed by atoms with E-state index in [1.807, 2.05) is 36.4 Å². The van der Waals surface area contributed by atoms with Crippen molar-refractivity contribution in [1.29, 1.82) is 0 Å². The lowest BCUT2D eigenvalue weighted by molar-refractivity contribution is -0.116. The first kappa shape index (κ1) is 19.8. The standard InChI is InChI=1S/C25H28N2O/c1-2-27(19-22-11-7-4-8-12-22)20-23-13-16-24(17-14-23)26-25(28)18-15-21-9-5-3-6-10-21/h3-14,16-17H,2,15,18-20H2,1H3,(H,26,28). The van der Waals surface area contributed by atoms with Crippen molar-refractivity contribution in [1.82, 2.24) is 4.90 Å². The zero-order valence-corrected chi connectivity index (χ0v) is 16.5. The van der Waals surface area contributed by atoms with Crippen molar-refractivity contribution >= 4 is 11.6 Å². The number of nitrogens with zero attached hydrogens (tertiary/aromatic N) is 1. The maximum Gasteiger partial charge on any atom is 0.224 e. The van der Waals surface area contributed by atoms with E-state index in [-0.39, 0.29) is 5.91 Å². The van der Waals surface area contributed by atoms with Crippen LogP contribution in [-0.4, -0.2) is 17.4 Å². The van der Waals surface area contributed by atoms with Crippen LogP contribution in [0.1, 0.15) is 30.0 Å². The first-order valence-corrected chi connectivity index (χ1v) is 9.92. The Balaban J connectivity index is 1.49. The van der Waals surface area contributed by atoms with E-state index in [1.54, 1.807) is 0 Å². The zero-order valence-electron chi connectivity index (χ0n) is 16.5. The molecule has 0 aliphatic carbocycles. The molecule has 0 saturated heterocycles. The molecule has 0 unspecified atom stereocenters. The molecule has 3 nitrogen and oxygen atoms in total. The molecule has 3 rings (SSSR count). The topological polar surface area (TPSA) is 32.3 Å². The number of carbonyl (C=O) groups excluding carboxylic acids is 1. The van der Waals surface area contributed by atoms with Crippen molar-refractivity contribution in [2.45, 2.75) is 32.9 Å². The Bertz CT molecular complexity index is 845. The van der Waals surface area contributed by atoms with Gasteiger partial charge in [-0.05, 0) is 41.8 Å². The van der Waals surface area contributed by atoms with Gasteiger partial charge in [-0.25, -0.2) is 0 Å². The summed E-state index contributed by atoms with van der Waals surface area (Å²) in [6.07, 6.45) is 1.25. The van der Waals surface area contributed by atoms with Gasteiger partial charge in [0.2, 0.25) is 5.91 Å². The smallest absolute Gasteiger partial charge is 0.224 e. The van der Waals surface area contributed by atoms with Crippen molar-refractivity contribution in [3.63, 3.8) is 0 Å². The van der Waals surface area contributed by atoms with Crippen molar-refractivity contribution in [3.8, 4) is 0 Å². The number of rotatable bonds is 9. The molecule has 0 aliphatic heterocycles. The molecular weight excluding hydrogens is 344 g/mol. The minimum absolute atomic E-state index is 0.0517. The molecule has 28 heavy (non-hydrogen) atoms. The normalized spacial score (nSPS) is 10.8. The van der Waals surface area contributed by atoms with Gasteiger partial charge in [0, 0.05) is 25.2 Å². The first-order valence-electron chi connectivity index (χ1n) is 9.92. The van der Waals surface area contributed by atoms with Crippen LogP contribution >= 0.6 is 0 Å². The van der Waals surface area contributed by atoms with Gasteiger partial charge in [0.15, 0.2) is 0 Å². The Morgan fingerprint density at radius 1 is 0.750 bits per heavy atom. The second-order valence-electron chi connectivity index (χ2n) is 7.02. The number of aryl methyl sites for hydroxylation is 1. The van der Waals surface area contributed by atoms with Crippen LogP contribution in [-0.2, 0) is 24.3 Å². The number of carbonyl (C=O) groups is 1. The van der Waals surface area contributed by atoms with E-state index in [4.69, 9.17) is 0 Å². The number of benzene rings is 3. The number of hydrogen-bond acceptors (Lipinski definition) is 2. The molecule has 3 aromatic carbocycles. The van der Waals surface area contributed by atoms with Crippen LogP contribution in [0.4, 0.5) is 5.69 Å². The highest BCUT2D eigenvalue weighted by Crippen LogP contribution is 2.14. The predicted octanol–water partition coefficient (Wildman–Crippen LogP) is 5.28. The number of hydrogen-bond donors (Lipinski definition) is 1. The first-order chi connectivity index (χ1) is 13.7. The Hall–Kier alpha value is -2.91. The summed E-state index contributed by atoms with van der Waals surface area (Å²) >= 11 is 0. The molecule has 0 radical (unpaired) electrons. The van der Waals surface area contributed by atoms with Crippen LogP contribution in [0.15, 0.2) is 84.9 Å². The molecule has 3 aromatic rings. The number of anilines is 1. The average Bonchev–Trinajstić information content (AvgIpc) is 2.74. The molecule has 144 valence electrons. The summed E-state index contributed by atoms with van der Waals surface area (Å²) in [6, 6.07) is 28.8. The molecule has 0 aromatic heterocycles. The van der Waals surface area contributed by atoms with Crippen LogP contribution < -0.4 is 5.32 Å². The van der Waals surface area contributed by atoms with Crippen LogP contribution in [0, 0.1) is 0 Å². The van der Waals surface area contributed by atoms with Crippen LogP contribution in [0.2, 0.25) is 0 Å². The van der Waals surface area contributed by atoms with Crippen LogP contribution in [0.3, 0.4) is 0 Å². The lowest BCUT2D eigenvalue weighted by atomic mass is 10.1. The summed E-state index contributed by atoms with van der Waals surface area (Å²) in [6.45, 7) is 5.01. The van der Waals surface area contributed by atoms with E-state index in [0.717, 1.165) is 31.7 Å². The van der Waals surface area contributed by atoms with Crippen molar-refractivity contribution < 1.29 is 4.79 Å². The Kier molecular flexibility index (Phi) is 7.39. The summed E-state index contributed by atoms with van der Waals surface area (Å²) in [7, 11) is 0. The molecule has 0 heterocycles. The quantitative estimate of drug-likeness (QED) is 0.554. The monoisotopic (exact) mass is 372 g/mol. The van der Waals surface area contributed by atoms with Gasteiger partial charge >= 0.3 is 0 Å². The van der Waals surface area contributed by atoms with Gasteiger partial charge in [0.05, 0.1) is 0 Å². The second-order valence-corrected chi connectivity index (χ2v) is 7.02. The lowest BCUT2D eigenvalue weighted by Gasteiger charge is -2.20. The molecule has 0 spiro atoms. The fourth-order valence-electron chi connectivity index (χ4n) is 3.20. The molecule has 0 fully saturated rings. The van der Waals surface area contributed by atoms with Gasteiger partial charge in [0.25, 0.3) is 0 Å². The third-order valence-corrected chi connectivity index (χ3v) is 4.82. The molecule has 1 amide bonds. The van der Waals surface area contributed by atoms with E-state index in [2.05, 4.69) is 65.7 Å². The van der Waals surface area contributed by atoms with Gasteiger partial charge in [-0.3, -0.25) is 9.69 Å². The zero-order chi connectivity index (χ0) is 19.6. The summed E-state index contributed by atoms with van der Waals surface area (Å²) in [4.78, 5) is 14.6. The highest BCUT2D eigenvalue weighted by molar-refractivity contribution is 5.90. The average molecular weight is 373 g/mol. The van der Waals surface area contributed by atoms with Gasteiger partial charge in [-0.2, -0.15) is 0 Å². The SMILES string of the molecule is CCN(Cc1ccccc1)Cc1ccc(NC(=O)CCc2ccccc2)cc1. The van der Waals surface area contributed by atoms with Crippen molar-refractivity contribution in [2.75, 3.05) is 11.9 Å². The second kappa shape index (κ2) is 10.4. The Labute approximate surface area is 168 Å². The summed E-state index contributed by atoms with van der Waals surface area (Å²) in [5.74, 6) is 0.0517. The van der Waals surface area contributed by atoms with Gasteiger partial charge < -0.3 is 5.32 Å². The highest BCUT2D eigenvalue weighted by atomic mass is 16.1. The van der Waals surface area contributed by atoms with Crippen LogP contribution in [0.25, 0.3) is 0 Å². The van der Waals surface area contributed by atoms with E-state index in [0.29, 0.717) is 6.42 Å². The van der Waals surface area contributed by atoms with E-state index < -0.39 is 0 Å². The summed E-state index contributed by atoms with van der Waals surface area (Å²) in [5.41, 5.74) is 4.62. The number of nitrogens with one attached hydrogen (secondary N) is 1. The molecule has 3 heteroatoms. The van der Waals surface area contributed by atoms with E-state index >= 15 is 0 Å². The minimum atomic E-state index is 0.0517. The third-order valence-electron chi connectivity index (χ3n) is 4.82. The van der Waals surface area contributed by atoms with Gasteiger partial charge in [-0.15, -0.1) is 0 Å². The maximum atomic E-state index is 12.2.